The number of aliphatic hydroxyl groups is 1. The van der Waals surface area contributed by atoms with E-state index in [9.17, 15) is 19.4 Å². The molecule has 0 aromatic rings. The molecule has 0 bridgehead atoms. The first-order valence-corrected chi connectivity index (χ1v) is 39.1. The molecule has 0 spiro atoms. The summed E-state index contributed by atoms with van der Waals surface area (Å²) < 4.78 is 23.6. The van der Waals surface area contributed by atoms with E-state index in [0.717, 1.165) is 70.6 Å². The van der Waals surface area contributed by atoms with Crippen molar-refractivity contribution >= 4 is 13.7 Å². The van der Waals surface area contributed by atoms with E-state index in [-0.39, 0.29) is 19.1 Å². The number of nitrogens with one attached hydrogen (secondary N) is 1. The van der Waals surface area contributed by atoms with Crippen LogP contribution in [-0.2, 0) is 18.4 Å². The second-order valence-electron chi connectivity index (χ2n) is 27.0. The summed E-state index contributed by atoms with van der Waals surface area (Å²) in [6, 6.07) is -0.804. The van der Waals surface area contributed by atoms with E-state index in [4.69, 9.17) is 9.05 Å². The van der Waals surface area contributed by atoms with Crippen LogP contribution in [0.4, 0.5) is 0 Å². The fourth-order valence-corrected chi connectivity index (χ4v) is 12.2. The molecule has 0 heterocycles. The molecule has 8 nitrogen and oxygen atoms in total. The first kappa shape index (κ1) is 84.2. The molecular formula is C77H147N2O6P. The molecule has 0 aromatic heterocycles. The second-order valence-corrected chi connectivity index (χ2v) is 28.4. The van der Waals surface area contributed by atoms with Crippen molar-refractivity contribution in [2.24, 2.45) is 0 Å². The number of hydrogen-bond donors (Lipinski definition) is 2. The summed E-state index contributed by atoms with van der Waals surface area (Å²) in [6.07, 6.45) is 93.2. The molecule has 0 fully saturated rings. The van der Waals surface area contributed by atoms with Crippen molar-refractivity contribution in [3.05, 3.63) is 60.8 Å². The van der Waals surface area contributed by atoms with E-state index in [2.05, 4.69) is 79.9 Å². The van der Waals surface area contributed by atoms with Gasteiger partial charge >= 0.3 is 0 Å². The number of amides is 1. The van der Waals surface area contributed by atoms with Gasteiger partial charge in [0.25, 0.3) is 7.82 Å². The molecule has 0 aromatic carbocycles. The summed E-state index contributed by atoms with van der Waals surface area (Å²) in [4.78, 5) is 25.7. The number of unbranched alkanes of at least 4 members (excludes halogenated alkanes) is 47. The van der Waals surface area contributed by atoms with Gasteiger partial charge in [0, 0.05) is 6.42 Å². The Bertz CT molecular complexity index is 1590. The zero-order valence-electron chi connectivity index (χ0n) is 58.0. The van der Waals surface area contributed by atoms with Gasteiger partial charge in [-0.15, -0.1) is 0 Å². The molecule has 0 aliphatic heterocycles. The molecule has 3 unspecified atom stereocenters. The maximum atomic E-state index is 13.1. The van der Waals surface area contributed by atoms with Crippen molar-refractivity contribution in [1.82, 2.24) is 5.32 Å². The lowest BCUT2D eigenvalue weighted by Crippen LogP contribution is -2.46. The van der Waals surface area contributed by atoms with Crippen LogP contribution in [0, 0.1) is 0 Å². The van der Waals surface area contributed by atoms with E-state index in [1.165, 1.54) is 276 Å². The number of quaternary nitrogens is 1. The van der Waals surface area contributed by atoms with E-state index in [0.29, 0.717) is 23.9 Å². The molecule has 0 rings (SSSR count). The number of carbonyl (C=O) groups is 1. The third-order valence-corrected chi connectivity index (χ3v) is 18.2. The molecule has 2 N–H and O–H groups in total. The maximum absolute atomic E-state index is 13.1. The monoisotopic (exact) mass is 1230 g/mol. The van der Waals surface area contributed by atoms with E-state index >= 15 is 0 Å². The third kappa shape index (κ3) is 69.7. The Morgan fingerprint density at radius 1 is 0.419 bits per heavy atom. The van der Waals surface area contributed by atoms with E-state index in [1.807, 2.05) is 21.1 Å². The van der Waals surface area contributed by atoms with Gasteiger partial charge in [-0.05, 0) is 57.8 Å². The number of phosphoric acid groups is 1. The molecule has 0 saturated heterocycles. The van der Waals surface area contributed by atoms with Crippen molar-refractivity contribution in [1.29, 1.82) is 0 Å². The second kappa shape index (κ2) is 67.6. The molecular weight excluding hydrogens is 1080 g/mol. The largest absolute Gasteiger partial charge is 0.756 e. The molecule has 1 amide bonds. The number of allylic oxidation sites excluding steroid dienone is 10. The topological polar surface area (TPSA) is 108 Å². The molecule has 3 atom stereocenters. The minimum Gasteiger partial charge on any atom is -0.756 e. The van der Waals surface area contributed by atoms with E-state index < -0.39 is 20.0 Å². The Morgan fingerprint density at radius 3 is 1.03 bits per heavy atom. The van der Waals surface area contributed by atoms with Crippen LogP contribution in [0.3, 0.4) is 0 Å². The van der Waals surface area contributed by atoms with Crippen LogP contribution in [0.2, 0.25) is 0 Å². The third-order valence-electron chi connectivity index (χ3n) is 17.3. The lowest BCUT2D eigenvalue weighted by Gasteiger charge is -2.30. The molecule has 0 saturated carbocycles. The number of aliphatic hydroxyl groups excluding tert-OH is 1. The Morgan fingerprint density at radius 2 is 0.709 bits per heavy atom. The van der Waals surface area contributed by atoms with Crippen LogP contribution >= 0.6 is 7.82 Å². The van der Waals surface area contributed by atoms with Crippen molar-refractivity contribution in [3.63, 3.8) is 0 Å². The summed E-state index contributed by atoms with van der Waals surface area (Å²) in [6.45, 7) is 4.66. The predicted octanol–water partition coefficient (Wildman–Crippen LogP) is 23.7. The lowest BCUT2D eigenvalue weighted by molar-refractivity contribution is -0.870. The number of likely N-dealkylation sites (N-methyl/N-ethyl adjacent to an activating group) is 1. The van der Waals surface area contributed by atoms with Gasteiger partial charge in [-0.25, -0.2) is 0 Å². The van der Waals surface area contributed by atoms with E-state index in [1.54, 1.807) is 0 Å². The summed E-state index contributed by atoms with van der Waals surface area (Å²) in [5, 5.41) is 14.1. The highest BCUT2D eigenvalue weighted by atomic mass is 31.2. The van der Waals surface area contributed by atoms with Crippen molar-refractivity contribution < 1.29 is 32.9 Å². The number of hydrogen-bond acceptors (Lipinski definition) is 6. The van der Waals surface area contributed by atoms with Gasteiger partial charge < -0.3 is 28.8 Å². The maximum Gasteiger partial charge on any atom is 0.268 e. The Hall–Kier alpha value is -1.80. The smallest absolute Gasteiger partial charge is 0.268 e. The van der Waals surface area contributed by atoms with Crippen molar-refractivity contribution in [2.75, 3.05) is 40.9 Å². The average molecular weight is 1230 g/mol. The highest BCUT2D eigenvalue weighted by Crippen LogP contribution is 2.38. The zero-order chi connectivity index (χ0) is 62.6. The van der Waals surface area contributed by atoms with Gasteiger partial charge in [-0.1, -0.05) is 370 Å². The van der Waals surface area contributed by atoms with Gasteiger partial charge in [-0.2, -0.15) is 0 Å². The zero-order valence-corrected chi connectivity index (χ0v) is 58.9. The number of nitrogens with zero attached hydrogens (tertiary/aromatic N) is 1. The normalized spacial score (nSPS) is 13.9. The van der Waals surface area contributed by atoms with Crippen molar-refractivity contribution in [2.45, 2.75) is 386 Å². The first-order valence-electron chi connectivity index (χ1n) is 37.6. The van der Waals surface area contributed by atoms with Gasteiger partial charge in [-0.3, -0.25) is 9.36 Å². The fourth-order valence-electron chi connectivity index (χ4n) is 11.5. The van der Waals surface area contributed by atoms with Gasteiger partial charge in [0.2, 0.25) is 5.91 Å². The standard InChI is InChI=1S/C77H147N2O6P/c1-6-8-10-12-14-16-18-20-22-24-26-28-30-32-34-36-38-39-41-43-45-47-49-51-53-55-57-59-61-63-65-67-69-71-77(81)78-75(74-85-86(82,83)84-73-72-79(3,4)5)76(80)70-68-66-64-62-60-58-56-54-52-50-48-46-44-42-40-37-35-33-31-29-27-25-23-21-19-17-15-13-11-9-7-2/h8,10,14,16,20,22,26,28,32,34,75-76,80H,6-7,9,11-13,15,17-19,21,23-25,27,29-31,33,35-74H2,1-5H3,(H-,78,81,82,83)/b10-8-,16-14-,22-20-,28-26-,34-32-. The number of rotatable bonds is 70. The quantitative estimate of drug-likeness (QED) is 0.0272. The van der Waals surface area contributed by atoms with Crippen molar-refractivity contribution in [3.8, 4) is 0 Å². The number of phosphoric ester groups is 1. The Labute approximate surface area is 536 Å². The summed E-state index contributed by atoms with van der Waals surface area (Å²) in [7, 11) is 1.32. The van der Waals surface area contributed by atoms with Crippen LogP contribution in [-0.4, -0.2) is 68.5 Å². The predicted molar refractivity (Wildman–Crippen MR) is 376 cm³/mol. The Kier molecular flexibility index (Phi) is 66.2. The van der Waals surface area contributed by atoms with Crippen LogP contribution in [0.15, 0.2) is 60.8 Å². The van der Waals surface area contributed by atoms with Crippen LogP contribution in [0.1, 0.15) is 373 Å². The van der Waals surface area contributed by atoms with Gasteiger partial charge in [0.15, 0.2) is 0 Å². The first-order chi connectivity index (χ1) is 42.0. The van der Waals surface area contributed by atoms with Crippen LogP contribution < -0.4 is 10.2 Å². The molecule has 0 radical (unpaired) electrons. The highest BCUT2D eigenvalue weighted by molar-refractivity contribution is 7.45. The van der Waals surface area contributed by atoms with Crippen LogP contribution in [0.25, 0.3) is 0 Å². The molecule has 0 aliphatic carbocycles. The summed E-state index contributed by atoms with van der Waals surface area (Å²) in [5.74, 6) is -0.159. The SMILES string of the molecule is CC/C=C\C/C=C\C/C=C\C/C=C\C/C=C\CCCCCCCCCCCCCCCCCCCC(=O)NC(COP(=O)([O-])OCC[N+](C)(C)C)C(O)CCCCCCCCCCCCCCCCCCCCCCCCCCCCCCCCC. The van der Waals surface area contributed by atoms with Crippen LogP contribution in [0.5, 0.6) is 0 Å². The highest BCUT2D eigenvalue weighted by Gasteiger charge is 2.24. The van der Waals surface area contributed by atoms with Gasteiger partial charge in [0.05, 0.1) is 39.9 Å². The summed E-state index contributed by atoms with van der Waals surface area (Å²) >= 11 is 0. The minimum atomic E-state index is -4.58. The minimum absolute atomic E-state index is 0.0127. The average Bonchev–Trinajstić information content (AvgIpc) is 3.70. The molecule has 0 aliphatic rings. The molecule has 9 heteroatoms. The number of carbonyl (C=O) groups excluding carboxylic acids is 1. The summed E-state index contributed by atoms with van der Waals surface area (Å²) in [5.41, 5.74) is 0. The molecule has 506 valence electrons. The molecule has 86 heavy (non-hydrogen) atoms. The Balaban J connectivity index is 3.98. The van der Waals surface area contributed by atoms with Gasteiger partial charge in [0.1, 0.15) is 13.2 Å². The lowest BCUT2D eigenvalue weighted by atomic mass is 10.0. The fraction of sp³-hybridized carbons (Fsp3) is 0.857.